The maximum atomic E-state index is 12.3. The highest BCUT2D eigenvalue weighted by Crippen LogP contribution is 2.23. The highest BCUT2D eigenvalue weighted by Gasteiger charge is 2.12. The molecule has 0 radical (unpaired) electrons. The van der Waals surface area contributed by atoms with E-state index >= 15 is 0 Å². The third-order valence-electron chi connectivity index (χ3n) is 3.41. The van der Waals surface area contributed by atoms with Crippen LogP contribution in [0.15, 0.2) is 60.7 Å². The molecule has 0 fully saturated rings. The second-order valence-electron chi connectivity index (χ2n) is 5.26. The number of ether oxygens (including phenoxy) is 1. The van der Waals surface area contributed by atoms with E-state index in [1.165, 1.54) is 18.2 Å². The average Bonchev–Trinajstić information content (AvgIpc) is 2.63. The Kier molecular flexibility index (Phi) is 5.08. The lowest BCUT2D eigenvalue weighted by atomic mass is 10.2. The number of benzene rings is 2. The van der Waals surface area contributed by atoms with Crippen molar-refractivity contribution in [3.05, 3.63) is 88.9 Å². The summed E-state index contributed by atoms with van der Waals surface area (Å²) in [7, 11) is 0. The summed E-state index contributed by atoms with van der Waals surface area (Å²) in [6.07, 6.45) is 0. The molecule has 5 heteroatoms. The van der Waals surface area contributed by atoms with Crippen LogP contribution in [0.1, 0.15) is 15.9 Å². The van der Waals surface area contributed by atoms with E-state index in [1.54, 1.807) is 12.1 Å². The van der Waals surface area contributed by atoms with Crippen LogP contribution in [0.3, 0.4) is 0 Å². The van der Waals surface area contributed by atoms with Crippen molar-refractivity contribution in [3.8, 4) is 11.5 Å². The Morgan fingerprint density at radius 1 is 1.16 bits per heavy atom. The standard InChI is InChI=1S/C20H14ClNO3/c21-15-9-10-19(23)18(11-15)20(24)22-16-7-4-8-17(12-16)25-13-14-5-2-1-3-6-14/h1-3,5-6,8-12,23H,13H2,(H,22,24). The van der Waals surface area contributed by atoms with Crippen molar-refractivity contribution in [3.63, 3.8) is 0 Å². The molecule has 1 amide bonds. The van der Waals surface area contributed by atoms with Gasteiger partial charge in [-0.3, -0.25) is 4.79 Å². The first kappa shape index (κ1) is 16.7. The third kappa shape index (κ3) is 4.43. The van der Waals surface area contributed by atoms with Gasteiger partial charge < -0.3 is 15.2 Å². The van der Waals surface area contributed by atoms with Crippen molar-refractivity contribution in [2.75, 3.05) is 5.32 Å². The SMILES string of the molecule is O=C(Nc1c#ccc(OCc2ccccc2)c1)c1cc(Cl)ccc1O. The molecule has 2 N–H and O–H groups in total. The van der Waals surface area contributed by atoms with Crippen LogP contribution >= 0.6 is 11.6 Å². The smallest absolute Gasteiger partial charge is 0.259 e. The second kappa shape index (κ2) is 7.61. The lowest BCUT2D eigenvalue weighted by Gasteiger charge is -2.08. The molecular weight excluding hydrogens is 338 g/mol. The minimum atomic E-state index is -0.496. The molecule has 0 bridgehead atoms. The van der Waals surface area contributed by atoms with E-state index in [1.807, 2.05) is 30.3 Å². The number of aromatic hydroxyl groups is 1. The molecule has 0 aliphatic rings. The number of rotatable bonds is 5. The van der Waals surface area contributed by atoms with Crippen LogP contribution < -0.4 is 10.1 Å². The summed E-state index contributed by atoms with van der Waals surface area (Å²) < 4.78 is 5.69. The summed E-state index contributed by atoms with van der Waals surface area (Å²) in [5.74, 6) is -0.0968. The monoisotopic (exact) mass is 351 g/mol. The maximum Gasteiger partial charge on any atom is 0.259 e. The van der Waals surface area contributed by atoms with Crippen LogP contribution in [0.5, 0.6) is 11.5 Å². The molecule has 0 aliphatic heterocycles. The zero-order valence-corrected chi connectivity index (χ0v) is 13.9. The van der Waals surface area contributed by atoms with Gasteiger partial charge in [0.1, 0.15) is 18.1 Å². The van der Waals surface area contributed by atoms with Crippen molar-refractivity contribution in [1.82, 2.24) is 0 Å². The molecule has 4 nitrogen and oxygen atoms in total. The quantitative estimate of drug-likeness (QED) is 0.712. The van der Waals surface area contributed by atoms with Gasteiger partial charge in [0, 0.05) is 17.2 Å². The highest BCUT2D eigenvalue weighted by molar-refractivity contribution is 6.31. The van der Waals surface area contributed by atoms with Gasteiger partial charge in [-0.15, -0.1) is 0 Å². The van der Waals surface area contributed by atoms with Crippen molar-refractivity contribution >= 4 is 23.2 Å². The van der Waals surface area contributed by atoms with Gasteiger partial charge >= 0.3 is 0 Å². The Morgan fingerprint density at radius 2 is 1.96 bits per heavy atom. The number of hydrogen-bond donors (Lipinski definition) is 2. The molecule has 3 aromatic carbocycles. The van der Waals surface area contributed by atoms with Crippen molar-refractivity contribution in [2.24, 2.45) is 0 Å². The number of halogens is 1. The summed E-state index contributed by atoms with van der Waals surface area (Å²) >= 11 is 5.86. The molecule has 3 rings (SSSR count). The van der Waals surface area contributed by atoms with Gasteiger partial charge in [0.2, 0.25) is 0 Å². The number of phenolic OH excluding ortho intramolecular Hbond substituents is 1. The van der Waals surface area contributed by atoms with Gasteiger partial charge in [-0.05, 0) is 29.8 Å². The fourth-order valence-corrected chi connectivity index (χ4v) is 2.35. The predicted octanol–water partition coefficient (Wildman–Crippen LogP) is 4.48. The highest BCUT2D eigenvalue weighted by atomic mass is 35.5. The van der Waals surface area contributed by atoms with E-state index in [4.69, 9.17) is 16.3 Å². The number of anilines is 1. The zero-order chi connectivity index (χ0) is 17.6. The van der Waals surface area contributed by atoms with Gasteiger partial charge in [0.15, 0.2) is 0 Å². The topological polar surface area (TPSA) is 58.6 Å². The molecule has 0 spiro atoms. The molecular formula is C20H14ClNO3. The summed E-state index contributed by atoms with van der Waals surface area (Å²) in [5.41, 5.74) is 1.50. The van der Waals surface area contributed by atoms with Crippen LogP contribution in [-0.4, -0.2) is 11.0 Å². The zero-order valence-electron chi connectivity index (χ0n) is 13.1. The molecule has 0 unspecified atom stereocenters. The molecule has 0 heterocycles. The number of carbonyl (C=O) groups excluding carboxylic acids is 1. The van der Waals surface area contributed by atoms with Gasteiger partial charge in [0.05, 0.1) is 11.3 Å². The number of carbonyl (C=O) groups is 1. The summed E-state index contributed by atoms with van der Waals surface area (Å²) in [4.78, 5) is 12.3. The number of nitrogens with one attached hydrogen (secondary N) is 1. The number of amides is 1. The normalized spacial score (nSPS) is 9.96. The van der Waals surface area contributed by atoms with E-state index in [2.05, 4.69) is 17.4 Å². The molecule has 124 valence electrons. The molecule has 0 saturated heterocycles. The summed E-state index contributed by atoms with van der Waals surface area (Å²) in [6.45, 7) is 0.404. The minimum absolute atomic E-state index is 0.0801. The van der Waals surface area contributed by atoms with Crippen molar-refractivity contribution < 1.29 is 14.6 Å². The van der Waals surface area contributed by atoms with E-state index < -0.39 is 5.91 Å². The summed E-state index contributed by atoms with van der Waals surface area (Å²) in [5, 5.41) is 12.8. The van der Waals surface area contributed by atoms with Gasteiger partial charge in [0.25, 0.3) is 5.91 Å². The molecule has 0 aliphatic carbocycles. The lowest BCUT2D eigenvalue weighted by Crippen LogP contribution is -2.12. The first-order valence-electron chi connectivity index (χ1n) is 7.52. The second-order valence-corrected chi connectivity index (χ2v) is 5.70. The van der Waals surface area contributed by atoms with Gasteiger partial charge in [-0.2, -0.15) is 0 Å². The summed E-state index contributed by atoms with van der Waals surface area (Å²) in [6, 6.07) is 22.9. The fourth-order valence-electron chi connectivity index (χ4n) is 2.18. The Morgan fingerprint density at radius 3 is 2.76 bits per heavy atom. The molecule has 0 aromatic heterocycles. The predicted molar refractivity (Wildman–Crippen MR) is 96.0 cm³/mol. The van der Waals surface area contributed by atoms with Crippen molar-refractivity contribution in [2.45, 2.75) is 6.61 Å². The van der Waals surface area contributed by atoms with Crippen molar-refractivity contribution in [1.29, 1.82) is 0 Å². The fraction of sp³-hybridized carbons (Fsp3) is 0.0500. The van der Waals surface area contributed by atoms with Crippen LogP contribution in [-0.2, 0) is 6.61 Å². The molecule has 25 heavy (non-hydrogen) atoms. The van der Waals surface area contributed by atoms with Crippen LogP contribution in [0.25, 0.3) is 0 Å². The third-order valence-corrected chi connectivity index (χ3v) is 3.64. The molecule has 3 aromatic rings. The van der Waals surface area contributed by atoms with E-state index in [0.29, 0.717) is 23.1 Å². The largest absolute Gasteiger partial charge is 0.507 e. The Balaban J connectivity index is 1.69. The maximum absolute atomic E-state index is 12.3. The number of phenols is 1. The van der Waals surface area contributed by atoms with Gasteiger partial charge in [-0.1, -0.05) is 48.0 Å². The van der Waals surface area contributed by atoms with Gasteiger partial charge in [-0.25, -0.2) is 0 Å². The van der Waals surface area contributed by atoms with E-state index in [-0.39, 0.29) is 11.3 Å². The Hall–Kier alpha value is -3.16. The lowest BCUT2D eigenvalue weighted by molar-refractivity contribution is 0.102. The first-order valence-corrected chi connectivity index (χ1v) is 7.89. The van der Waals surface area contributed by atoms with E-state index in [9.17, 15) is 9.90 Å². The average molecular weight is 352 g/mol. The van der Waals surface area contributed by atoms with Crippen LogP contribution in [0, 0.1) is 12.1 Å². The Labute approximate surface area is 150 Å². The molecule has 0 atom stereocenters. The first-order chi connectivity index (χ1) is 12.1. The number of hydrogen-bond acceptors (Lipinski definition) is 3. The van der Waals surface area contributed by atoms with E-state index in [0.717, 1.165) is 5.56 Å². The minimum Gasteiger partial charge on any atom is -0.507 e. The van der Waals surface area contributed by atoms with Crippen LogP contribution in [0.4, 0.5) is 5.69 Å². The Bertz CT molecular complexity index is 881. The molecule has 0 saturated carbocycles. The van der Waals surface area contributed by atoms with Crippen LogP contribution in [0.2, 0.25) is 5.02 Å².